The molecule has 1 amide bonds. The summed E-state index contributed by atoms with van der Waals surface area (Å²) in [6.07, 6.45) is 5.88. The Hall–Kier alpha value is -1.49. The van der Waals surface area contributed by atoms with E-state index in [1.807, 2.05) is 42.7 Å². The van der Waals surface area contributed by atoms with Crippen molar-refractivity contribution in [3.63, 3.8) is 0 Å². The summed E-state index contributed by atoms with van der Waals surface area (Å²) in [7, 11) is -3.12. The number of carbonyl (C=O) groups excluding carboxylic acids is 1. The first-order chi connectivity index (χ1) is 15.8. The van der Waals surface area contributed by atoms with Crippen LogP contribution in [0.1, 0.15) is 49.6 Å². The van der Waals surface area contributed by atoms with Gasteiger partial charge in [0.1, 0.15) is 15.8 Å². The number of carbonyl (C=O) groups is 1. The maximum atomic E-state index is 12.8. The van der Waals surface area contributed by atoms with Gasteiger partial charge in [0.15, 0.2) is 0 Å². The van der Waals surface area contributed by atoms with Gasteiger partial charge in [0.25, 0.3) is 0 Å². The fraction of sp³-hybridized carbons (Fsp3) is 0.360. The first kappa shape index (κ1) is 27.1. The fourth-order valence-electron chi connectivity index (χ4n) is 3.95. The Kier molecular flexibility index (Phi) is 9.16. The van der Waals surface area contributed by atoms with Gasteiger partial charge >= 0.3 is 51.4 Å². The van der Waals surface area contributed by atoms with Gasteiger partial charge in [-0.1, -0.05) is 44.2 Å². The topological polar surface area (TPSA) is 92.4 Å². The van der Waals surface area contributed by atoms with Crippen LogP contribution < -0.4 is 51.4 Å². The van der Waals surface area contributed by atoms with Crippen molar-refractivity contribution < 1.29 is 69.3 Å². The quantitative estimate of drug-likeness (QED) is 0.439. The third kappa shape index (κ3) is 6.59. The molecule has 0 bridgehead atoms. The van der Waals surface area contributed by atoms with Crippen molar-refractivity contribution in [2.75, 3.05) is 7.11 Å². The van der Waals surface area contributed by atoms with Crippen molar-refractivity contribution in [1.29, 1.82) is 0 Å². The minimum atomic E-state index is -4.22. The summed E-state index contributed by atoms with van der Waals surface area (Å²) in [5.41, 5.74) is 3.39. The number of imidazole rings is 1. The van der Waals surface area contributed by atoms with Crippen molar-refractivity contribution in [3.05, 3.63) is 76.5 Å². The molecule has 4 rings (SSSR count). The summed E-state index contributed by atoms with van der Waals surface area (Å²) in [4.78, 5) is 16.0. The molecule has 0 saturated heterocycles. The number of amides is 1. The number of benzene rings is 2. The molecule has 0 unspecified atom stereocenters. The molecular formula is C25H28KN3O4S. The summed E-state index contributed by atoms with van der Waals surface area (Å²) < 4.78 is 35.6. The number of sulfonamides is 1. The van der Waals surface area contributed by atoms with Gasteiger partial charge in [-0.05, 0) is 59.6 Å². The Morgan fingerprint density at radius 2 is 1.82 bits per heavy atom. The first-order valence-corrected chi connectivity index (χ1v) is 12.5. The fourth-order valence-corrected chi connectivity index (χ4v) is 5.02. The van der Waals surface area contributed by atoms with Crippen molar-refractivity contribution >= 4 is 16.1 Å². The van der Waals surface area contributed by atoms with Crippen LogP contribution in [0.2, 0.25) is 0 Å². The standard InChI is InChI=1S/C25H29N3O4S.K/c1-17(2)14-19-6-11-23(33(30,31)27-25(29)32-3)22(15-19)20-7-4-18(5-8-20)16-28-13-12-26-24(28)21-9-10-21;/h4-8,11-13,15,17,21H,9-10,14,16H2,1-3H3,(H,27,29);/q;+1/p-1. The number of ether oxygens (including phenoxy) is 1. The van der Waals surface area contributed by atoms with E-state index in [0.29, 0.717) is 23.9 Å². The smallest absolute Gasteiger partial charge is 0.506 e. The molecule has 1 aliphatic carbocycles. The number of aromatic nitrogens is 2. The minimum absolute atomic E-state index is 0. The number of hydrogen-bond acceptors (Lipinski definition) is 5. The van der Waals surface area contributed by atoms with E-state index >= 15 is 0 Å². The Morgan fingerprint density at radius 1 is 1.15 bits per heavy atom. The largest absolute Gasteiger partial charge is 1.00 e. The molecule has 174 valence electrons. The second kappa shape index (κ2) is 11.5. The van der Waals surface area contributed by atoms with E-state index in [1.54, 1.807) is 6.07 Å². The predicted molar refractivity (Wildman–Crippen MR) is 127 cm³/mol. The normalized spacial score (nSPS) is 13.4. The maximum absolute atomic E-state index is 12.8. The molecule has 7 nitrogen and oxygen atoms in total. The predicted octanol–water partition coefficient (Wildman–Crippen LogP) is 2.51. The number of hydrogen-bond donors (Lipinski definition) is 0. The van der Waals surface area contributed by atoms with Crippen LogP contribution in [0.25, 0.3) is 15.8 Å². The summed E-state index contributed by atoms with van der Waals surface area (Å²) in [6, 6.07) is 13.0. The van der Waals surface area contributed by atoms with E-state index in [2.05, 4.69) is 32.9 Å². The molecule has 2 aromatic carbocycles. The van der Waals surface area contributed by atoms with E-state index in [9.17, 15) is 13.2 Å². The van der Waals surface area contributed by atoms with Gasteiger partial charge in [0.2, 0.25) is 6.09 Å². The molecule has 1 aromatic heterocycles. The number of nitrogens with zero attached hydrogens (tertiary/aromatic N) is 3. The van der Waals surface area contributed by atoms with Gasteiger partial charge in [0.05, 0.1) is 12.0 Å². The average Bonchev–Trinajstić information content (AvgIpc) is 3.52. The zero-order valence-electron chi connectivity index (χ0n) is 20.1. The van der Waals surface area contributed by atoms with Crippen LogP contribution in [0.15, 0.2) is 59.8 Å². The van der Waals surface area contributed by atoms with Gasteiger partial charge < -0.3 is 14.0 Å². The van der Waals surface area contributed by atoms with Gasteiger partial charge in [-0.3, -0.25) is 4.79 Å². The molecular weight excluding hydrogens is 477 g/mol. The van der Waals surface area contributed by atoms with E-state index in [-0.39, 0.29) is 56.3 Å². The van der Waals surface area contributed by atoms with Crippen LogP contribution in [-0.2, 0) is 27.7 Å². The van der Waals surface area contributed by atoms with Crippen LogP contribution in [-0.4, -0.2) is 31.2 Å². The summed E-state index contributed by atoms with van der Waals surface area (Å²) in [5, 5.41) is 0. The average molecular weight is 506 g/mol. The summed E-state index contributed by atoms with van der Waals surface area (Å²) >= 11 is 0. The van der Waals surface area contributed by atoms with E-state index in [0.717, 1.165) is 36.0 Å². The van der Waals surface area contributed by atoms with Crippen molar-refractivity contribution in [2.45, 2.75) is 50.5 Å². The van der Waals surface area contributed by atoms with Crippen LogP contribution in [0.5, 0.6) is 0 Å². The van der Waals surface area contributed by atoms with Crippen LogP contribution in [0, 0.1) is 5.92 Å². The van der Waals surface area contributed by atoms with Gasteiger partial charge in [-0.25, -0.2) is 13.4 Å². The molecule has 3 aromatic rings. The third-order valence-electron chi connectivity index (χ3n) is 5.64. The zero-order chi connectivity index (χ0) is 23.6. The second-order valence-corrected chi connectivity index (χ2v) is 10.4. The zero-order valence-corrected chi connectivity index (χ0v) is 24.0. The molecule has 34 heavy (non-hydrogen) atoms. The summed E-state index contributed by atoms with van der Waals surface area (Å²) in [6.45, 7) is 4.93. The van der Waals surface area contributed by atoms with E-state index < -0.39 is 16.1 Å². The summed E-state index contributed by atoms with van der Waals surface area (Å²) in [5.74, 6) is 2.10. The van der Waals surface area contributed by atoms with Gasteiger partial charge in [0, 0.05) is 24.9 Å². The molecule has 9 heteroatoms. The molecule has 0 spiro atoms. The molecule has 1 saturated carbocycles. The number of rotatable bonds is 8. The molecule has 0 N–H and O–H groups in total. The molecule has 0 atom stereocenters. The van der Waals surface area contributed by atoms with E-state index in [4.69, 9.17) is 0 Å². The third-order valence-corrected chi connectivity index (χ3v) is 6.94. The molecule has 1 fully saturated rings. The monoisotopic (exact) mass is 505 g/mol. The van der Waals surface area contributed by atoms with Crippen molar-refractivity contribution in [3.8, 4) is 11.1 Å². The van der Waals surface area contributed by atoms with Crippen molar-refractivity contribution in [1.82, 2.24) is 9.55 Å². The Morgan fingerprint density at radius 3 is 2.44 bits per heavy atom. The SMILES string of the molecule is COC(=O)[N-]S(=O)(=O)c1ccc(CC(C)C)cc1-c1ccc(Cn2ccnc2C2CC2)cc1.[K+]. The second-order valence-electron chi connectivity index (χ2n) is 8.85. The minimum Gasteiger partial charge on any atom is -0.506 e. The van der Waals surface area contributed by atoms with Crippen LogP contribution >= 0.6 is 0 Å². The van der Waals surface area contributed by atoms with Crippen molar-refractivity contribution in [2.24, 2.45) is 5.92 Å². The molecule has 1 heterocycles. The Bertz CT molecular complexity index is 1250. The van der Waals surface area contributed by atoms with Gasteiger partial charge in [-0.2, -0.15) is 0 Å². The Balaban J connectivity index is 0.00000324. The van der Waals surface area contributed by atoms with Crippen LogP contribution in [0.4, 0.5) is 4.79 Å². The van der Waals surface area contributed by atoms with E-state index in [1.165, 1.54) is 18.9 Å². The van der Waals surface area contributed by atoms with Gasteiger partial charge in [-0.15, -0.1) is 0 Å². The maximum Gasteiger partial charge on any atom is 1.00 e. The Labute approximate surface area is 243 Å². The molecule has 1 aliphatic rings. The number of methoxy groups -OCH3 is 1. The first-order valence-electron chi connectivity index (χ1n) is 11.1. The molecule has 0 radical (unpaired) electrons. The molecule has 0 aliphatic heterocycles. The van der Waals surface area contributed by atoms with Crippen LogP contribution in [0.3, 0.4) is 0 Å².